The van der Waals surface area contributed by atoms with Crippen molar-refractivity contribution in [2.45, 2.75) is 24.9 Å². The first-order valence-corrected chi connectivity index (χ1v) is 9.12. The van der Waals surface area contributed by atoms with Crippen molar-refractivity contribution in [3.05, 3.63) is 63.1 Å². The van der Waals surface area contributed by atoms with Crippen LogP contribution < -0.4 is 5.32 Å². The lowest BCUT2D eigenvalue weighted by molar-refractivity contribution is -0.115. The zero-order valence-corrected chi connectivity index (χ0v) is 15.6. The average Bonchev–Trinajstić information content (AvgIpc) is 2.50. The van der Waals surface area contributed by atoms with Gasteiger partial charge in [0.25, 0.3) is 0 Å². The quantitative estimate of drug-likeness (QED) is 0.703. The van der Waals surface area contributed by atoms with Gasteiger partial charge in [0.15, 0.2) is 0 Å². The van der Waals surface area contributed by atoms with Gasteiger partial charge in [0.2, 0.25) is 5.91 Å². The van der Waals surface area contributed by atoms with Gasteiger partial charge in [-0.05, 0) is 43.2 Å². The molecular formula is C17H17BrClNOS. The summed E-state index contributed by atoms with van der Waals surface area (Å²) in [7, 11) is 0. The van der Waals surface area contributed by atoms with E-state index in [1.54, 1.807) is 11.8 Å². The minimum atomic E-state index is -0.148. The molecule has 5 heteroatoms. The Kier molecular flexibility index (Phi) is 6.36. The van der Waals surface area contributed by atoms with Crippen molar-refractivity contribution >= 4 is 50.9 Å². The minimum Gasteiger partial charge on any atom is -0.325 e. The molecule has 0 aliphatic heterocycles. The van der Waals surface area contributed by atoms with Crippen LogP contribution in [0.3, 0.4) is 0 Å². The van der Waals surface area contributed by atoms with Gasteiger partial charge in [0, 0.05) is 20.9 Å². The Labute approximate surface area is 148 Å². The third kappa shape index (κ3) is 4.51. The van der Waals surface area contributed by atoms with Gasteiger partial charge in [-0.3, -0.25) is 4.79 Å². The molecule has 0 heterocycles. The van der Waals surface area contributed by atoms with Crippen molar-refractivity contribution in [1.29, 1.82) is 0 Å². The average molecular weight is 399 g/mol. The molecule has 1 unspecified atom stereocenters. The van der Waals surface area contributed by atoms with E-state index < -0.39 is 0 Å². The number of halogens is 2. The zero-order valence-electron chi connectivity index (χ0n) is 12.4. The van der Waals surface area contributed by atoms with E-state index in [4.69, 9.17) is 11.6 Å². The largest absolute Gasteiger partial charge is 0.325 e. The van der Waals surface area contributed by atoms with Crippen LogP contribution in [0.2, 0.25) is 5.02 Å². The number of carbonyl (C=O) groups is 1. The maximum atomic E-state index is 12.3. The smallest absolute Gasteiger partial charge is 0.237 e. The summed E-state index contributed by atoms with van der Waals surface area (Å²) in [6.45, 7) is 3.81. The Hall–Kier alpha value is -0.970. The molecule has 0 bridgehead atoms. The van der Waals surface area contributed by atoms with Gasteiger partial charge in [-0.25, -0.2) is 0 Å². The number of thioether (sulfide) groups is 1. The highest BCUT2D eigenvalue weighted by Crippen LogP contribution is 2.26. The van der Waals surface area contributed by atoms with E-state index in [1.165, 1.54) is 5.56 Å². The molecule has 0 aromatic heterocycles. The molecule has 0 saturated heterocycles. The van der Waals surface area contributed by atoms with Crippen molar-refractivity contribution in [2.75, 3.05) is 5.32 Å². The number of anilines is 1. The number of hydrogen-bond acceptors (Lipinski definition) is 2. The van der Waals surface area contributed by atoms with Gasteiger partial charge in [-0.1, -0.05) is 51.8 Å². The van der Waals surface area contributed by atoms with Gasteiger partial charge in [0.05, 0.1) is 5.25 Å². The number of rotatable bonds is 5. The molecule has 2 aromatic carbocycles. The monoisotopic (exact) mass is 397 g/mol. The summed E-state index contributed by atoms with van der Waals surface area (Å²) < 4.78 is 1.07. The highest BCUT2D eigenvalue weighted by molar-refractivity contribution is 9.10. The van der Waals surface area contributed by atoms with Crippen LogP contribution in [0.4, 0.5) is 5.69 Å². The molecule has 2 aromatic rings. The first kappa shape index (κ1) is 17.4. The molecule has 1 N–H and O–H groups in total. The van der Waals surface area contributed by atoms with E-state index in [2.05, 4.69) is 27.3 Å². The van der Waals surface area contributed by atoms with Crippen LogP contribution in [0.1, 0.15) is 18.1 Å². The third-order valence-corrected chi connectivity index (χ3v) is 5.72. The Morgan fingerprint density at radius 3 is 2.73 bits per heavy atom. The van der Waals surface area contributed by atoms with Crippen LogP contribution in [0.5, 0.6) is 0 Å². The minimum absolute atomic E-state index is 0.0116. The number of amides is 1. The molecule has 0 fully saturated rings. The van der Waals surface area contributed by atoms with Gasteiger partial charge >= 0.3 is 0 Å². The SMILES string of the molecule is Cc1c(Cl)cccc1NC(=O)C(C)SCc1ccccc1Br. The summed E-state index contributed by atoms with van der Waals surface area (Å²) in [5.74, 6) is 0.771. The van der Waals surface area contributed by atoms with Crippen LogP contribution in [-0.2, 0) is 10.5 Å². The number of benzene rings is 2. The molecule has 0 saturated carbocycles. The van der Waals surface area contributed by atoms with Gasteiger partial charge in [0.1, 0.15) is 0 Å². The molecule has 0 aliphatic carbocycles. The van der Waals surface area contributed by atoms with Crippen LogP contribution in [0.25, 0.3) is 0 Å². The fourth-order valence-corrected chi connectivity index (χ4v) is 3.56. The maximum absolute atomic E-state index is 12.3. The molecule has 116 valence electrons. The summed E-state index contributed by atoms with van der Waals surface area (Å²) in [5, 5.41) is 3.46. The lowest BCUT2D eigenvalue weighted by atomic mass is 10.2. The molecule has 0 radical (unpaired) electrons. The number of hydrogen-bond donors (Lipinski definition) is 1. The second kappa shape index (κ2) is 8.04. The molecule has 1 amide bonds. The van der Waals surface area contributed by atoms with Crippen LogP contribution in [0.15, 0.2) is 46.9 Å². The van der Waals surface area contributed by atoms with Crippen molar-refractivity contribution in [3.63, 3.8) is 0 Å². The van der Waals surface area contributed by atoms with E-state index in [1.807, 2.05) is 50.2 Å². The predicted molar refractivity (Wildman–Crippen MR) is 99.7 cm³/mol. The summed E-state index contributed by atoms with van der Waals surface area (Å²) in [6.07, 6.45) is 0. The number of carbonyl (C=O) groups excluding carboxylic acids is 1. The van der Waals surface area contributed by atoms with Crippen molar-refractivity contribution in [1.82, 2.24) is 0 Å². The van der Waals surface area contributed by atoms with Gasteiger partial charge < -0.3 is 5.32 Å². The van der Waals surface area contributed by atoms with Crippen LogP contribution in [0, 0.1) is 6.92 Å². The topological polar surface area (TPSA) is 29.1 Å². The fraction of sp³-hybridized carbons (Fsp3) is 0.235. The highest BCUT2D eigenvalue weighted by Gasteiger charge is 2.15. The molecule has 1 atom stereocenters. The predicted octanol–water partition coefficient (Wildman–Crippen LogP) is 5.67. The lowest BCUT2D eigenvalue weighted by Crippen LogP contribution is -2.23. The first-order valence-electron chi connectivity index (χ1n) is 6.90. The summed E-state index contributed by atoms with van der Waals surface area (Å²) in [4.78, 5) is 12.3. The number of nitrogens with one attached hydrogen (secondary N) is 1. The van der Waals surface area contributed by atoms with E-state index >= 15 is 0 Å². The second-order valence-electron chi connectivity index (χ2n) is 4.95. The summed E-state index contributed by atoms with van der Waals surface area (Å²) >= 11 is 11.2. The molecule has 2 rings (SSSR count). The van der Waals surface area contributed by atoms with Crippen molar-refractivity contribution in [2.24, 2.45) is 0 Å². The van der Waals surface area contributed by atoms with Gasteiger partial charge in [-0.15, -0.1) is 11.8 Å². The lowest BCUT2D eigenvalue weighted by Gasteiger charge is -2.14. The van der Waals surface area contributed by atoms with Crippen LogP contribution in [-0.4, -0.2) is 11.2 Å². The second-order valence-corrected chi connectivity index (χ2v) is 7.54. The van der Waals surface area contributed by atoms with Crippen molar-refractivity contribution < 1.29 is 4.79 Å². The van der Waals surface area contributed by atoms with E-state index in [-0.39, 0.29) is 11.2 Å². The molecule has 0 spiro atoms. The normalized spacial score (nSPS) is 12.0. The Morgan fingerprint density at radius 2 is 2.00 bits per heavy atom. The van der Waals surface area contributed by atoms with Crippen molar-refractivity contribution in [3.8, 4) is 0 Å². The van der Waals surface area contributed by atoms with E-state index in [0.29, 0.717) is 5.02 Å². The highest BCUT2D eigenvalue weighted by atomic mass is 79.9. The molecule has 2 nitrogen and oxygen atoms in total. The fourth-order valence-electron chi connectivity index (χ4n) is 1.88. The Balaban J connectivity index is 1.95. The third-order valence-electron chi connectivity index (χ3n) is 3.34. The first-order chi connectivity index (χ1) is 10.5. The Bertz CT molecular complexity index is 677. The zero-order chi connectivity index (χ0) is 16.1. The van der Waals surface area contributed by atoms with Gasteiger partial charge in [-0.2, -0.15) is 0 Å². The molecule has 22 heavy (non-hydrogen) atoms. The Morgan fingerprint density at radius 1 is 1.27 bits per heavy atom. The van der Waals surface area contributed by atoms with E-state index in [9.17, 15) is 4.79 Å². The van der Waals surface area contributed by atoms with Crippen LogP contribution >= 0.6 is 39.3 Å². The molecule has 0 aliphatic rings. The van der Waals surface area contributed by atoms with E-state index in [0.717, 1.165) is 21.5 Å². The maximum Gasteiger partial charge on any atom is 0.237 e. The summed E-state index contributed by atoms with van der Waals surface area (Å²) in [5.41, 5.74) is 2.84. The molecular weight excluding hydrogens is 382 g/mol. The summed E-state index contributed by atoms with van der Waals surface area (Å²) in [6, 6.07) is 13.6. The standard InChI is InChI=1S/C17H17BrClNOS/c1-11-15(19)8-5-9-16(11)20-17(21)12(2)22-10-13-6-3-4-7-14(13)18/h3-9,12H,10H2,1-2H3,(H,20,21).